The van der Waals surface area contributed by atoms with Crippen molar-refractivity contribution < 1.29 is 9.84 Å². The molecule has 1 atom stereocenters. The number of aromatic nitrogens is 2. The number of fused-ring (bicyclic) bond motifs is 1. The molecule has 1 fully saturated rings. The molecule has 2 aromatic heterocycles. The van der Waals surface area contributed by atoms with Crippen LogP contribution in [0.3, 0.4) is 0 Å². The van der Waals surface area contributed by atoms with Crippen molar-refractivity contribution in [2.75, 3.05) is 5.32 Å². The Morgan fingerprint density at radius 1 is 1.07 bits per heavy atom. The van der Waals surface area contributed by atoms with Gasteiger partial charge in [-0.2, -0.15) is 0 Å². The molecule has 2 aliphatic carbocycles. The van der Waals surface area contributed by atoms with Gasteiger partial charge in [-0.25, -0.2) is 4.98 Å². The van der Waals surface area contributed by atoms with Crippen LogP contribution in [-0.4, -0.2) is 21.2 Å². The summed E-state index contributed by atoms with van der Waals surface area (Å²) in [4.78, 5) is 10.00. The lowest BCUT2D eigenvalue weighted by Crippen LogP contribution is -2.25. The van der Waals surface area contributed by atoms with E-state index in [1.165, 1.54) is 11.3 Å². The van der Waals surface area contributed by atoms with E-state index in [4.69, 9.17) is 4.74 Å². The second-order valence-corrected chi connectivity index (χ2v) is 8.53. The number of rotatable bonds is 5. The third-order valence-corrected chi connectivity index (χ3v) is 6.56. The van der Waals surface area contributed by atoms with Crippen molar-refractivity contribution >= 4 is 22.2 Å². The van der Waals surface area contributed by atoms with Gasteiger partial charge in [0.05, 0.1) is 23.6 Å². The molecule has 28 heavy (non-hydrogen) atoms. The van der Waals surface area contributed by atoms with Gasteiger partial charge in [0, 0.05) is 22.8 Å². The van der Waals surface area contributed by atoms with Crippen LogP contribution >= 0.6 is 11.3 Å². The van der Waals surface area contributed by atoms with Crippen LogP contribution in [0.2, 0.25) is 0 Å². The van der Waals surface area contributed by atoms with Crippen LogP contribution in [0.5, 0.6) is 5.75 Å². The Kier molecular flexibility index (Phi) is 4.74. The highest BCUT2D eigenvalue weighted by molar-refractivity contribution is 7.15. The summed E-state index contributed by atoms with van der Waals surface area (Å²) in [6.45, 7) is 0. The molecule has 5 rings (SSSR count). The number of nitrogens with one attached hydrogen (secondary N) is 1. The van der Waals surface area contributed by atoms with Crippen molar-refractivity contribution in [2.45, 2.75) is 50.7 Å². The molecule has 2 N–H and O–H groups in total. The highest BCUT2D eigenvalue weighted by atomic mass is 32.1. The molecule has 5 nitrogen and oxygen atoms in total. The number of para-hydroxylation sites is 1. The Balaban J connectivity index is 1.51. The molecule has 2 heterocycles. The monoisotopic (exact) mass is 393 g/mol. The average Bonchev–Trinajstić information content (AvgIpc) is 3.10. The van der Waals surface area contributed by atoms with Gasteiger partial charge in [-0.3, -0.25) is 4.98 Å². The van der Waals surface area contributed by atoms with Gasteiger partial charge in [0.15, 0.2) is 10.9 Å². The van der Waals surface area contributed by atoms with Gasteiger partial charge in [-0.15, -0.1) is 11.3 Å². The molecule has 0 aliphatic heterocycles. The summed E-state index contributed by atoms with van der Waals surface area (Å²) in [7, 11) is 0. The lowest BCUT2D eigenvalue weighted by molar-refractivity contribution is 0.122. The molecule has 0 saturated heterocycles. The van der Waals surface area contributed by atoms with Crippen LogP contribution in [0.1, 0.15) is 48.8 Å². The molecule has 0 radical (unpaired) electrons. The first-order chi connectivity index (χ1) is 13.8. The first kappa shape index (κ1) is 17.6. The Morgan fingerprint density at radius 3 is 2.68 bits per heavy atom. The van der Waals surface area contributed by atoms with Crippen molar-refractivity contribution in [1.82, 2.24) is 9.97 Å². The van der Waals surface area contributed by atoms with E-state index < -0.39 is 6.10 Å². The van der Waals surface area contributed by atoms with Crippen molar-refractivity contribution in [3.05, 3.63) is 53.3 Å². The maximum absolute atomic E-state index is 10.2. The highest BCUT2D eigenvalue weighted by Gasteiger charge is 2.25. The molecule has 0 spiro atoms. The van der Waals surface area contributed by atoms with Crippen molar-refractivity contribution in [3.63, 3.8) is 0 Å². The minimum Gasteiger partial charge on any atom is -0.488 e. The number of pyridine rings is 1. The third-order valence-electron chi connectivity index (χ3n) is 5.51. The van der Waals surface area contributed by atoms with Crippen LogP contribution in [-0.2, 0) is 6.42 Å². The number of ether oxygens (including phenoxy) is 1. The van der Waals surface area contributed by atoms with Gasteiger partial charge in [-0.05, 0) is 62.3 Å². The van der Waals surface area contributed by atoms with Crippen LogP contribution < -0.4 is 10.1 Å². The molecule has 0 bridgehead atoms. The maximum Gasteiger partial charge on any atom is 0.187 e. The molecular formula is C22H23N3O2S. The van der Waals surface area contributed by atoms with Crippen LogP contribution in [0.25, 0.3) is 11.1 Å². The quantitative estimate of drug-likeness (QED) is 0.620. The van der Waals surface area contributed by atoms with Crippen LogP contribution in [0.15, 0.2) is 42.7 Å². The zero-order chi connectivity index (χ0) is 18.9. The minimum absolute atomic E-state index is 0.273. The fourth-order valence-electron chi connectivity index (χ4n) is 3.74. The van der Waals surface area contributed by atoms with Gasteiger partial charge in [-0.1, -0.05) is 12.1 Å². The molecule has 1 aromatic carbocycles. The zero-order valence-corrected chi connectivity index (χ0v) is 16.4. The van der Waals surface area contributed by atoms with Gasteiger partial charge in [0.2, 0.25) is 0 Å². The third kappa shape index (κ3) is 3.38. The normalized spacial score (nSPS) is 19.0. The molecule has 0 amide bonds. The van der Waals surface area contributed by atoms with Crippen molar-refractivity contribution in [2.24, 2.45) is 0 Å². The Bertz CT molecular complexity index is 969. The fraction of sp³-hybridized carbons (Fsp3) is 0.364. The predicted molar refractivity (Wildman–Crippen MR) is 111 cm³/mol. The van der Waals surface area contributed by atoms with Gasteiger partial charge in [0.1, 0.15) is 0 Å². The van der Waals surface area contributed by atoms with E-state index in [1.54, 1.807) is 23.7 Å². The number of hydrogen-bond acceptors (Lipinski definition) is 6. The Hall–Kier alpha value is -2.44. The Labute approximate surface area is 168 Å². The first-order valence-corrected chi connectivity index (χ1v) is 10.7. The molecule has 3 aromatic rings. The molecule has 144 valence electrons. The largest absolute Gasteiger partial charge is 0.488 e. The number of benzene rings is 1. The SMILES string of the molecule is OC1CCCc2sc(Nc3cccc(-c4ccncc4)c3OC3CCC3)nc21. The number of thiazole rings is 1. The highest BCUT2D eigenvalue weighted by Crippen LogP contribution is 2.42. The lowest BCUT2D eigenvalue weighted by Gasteiger charge is -2.29. The maximum atomic E-state index is 10.2. The molecule has 1 saturated carbocycles. The smallest absolute Gasteiger partial charge is 0.187 e. The topological polar surface area (TPSA) is 67.3 Å². The molecule has 1 unspecified atom stereocenters. The van der Waals surface area contributed by atoms with Gasteiger partial charge in [0.25, 0.3) is 0 Å². The summed E-state index contributed by atoms with van der Waals surface area (Å²) in [6.07, 6.45) is 9.67. The van der Waals surface area contributed by atoms with E-state index in [9.17, 15) is 5.11 Å². The standard InChI is InChI=1S/C22H23N3O2S/c26-18-8-3-9-19-20(18)25-22(28-19)24-17-7-2-6-16(14-10-12-23-13-11-14)21(17)27-15-4-1-5-15/h2,6-7,10-13,15,18,26H,1,3-5,8-9H2,(H,24,25). The summed E-state index contributed by atoms with van der Waals surface area (Å²) in [5.74, 6) is 0.868. The molecule has 6 heteroatoms. The number of aliphatic hydroxyl groups is 1. The molecular weight excluding hydrogens is 370 g/mol. The van der Waals surface area contributed by atoms with Gasteiger partial charge >= 0.3 is 0 Å². The summed E-state index contributed by atoms with van der Waals surface area (Å²) in [5.41, 5.74) is 3.90. The number of anilines is 2. The van der Waals surface area contributed by atoms with E-state index in [0.717, 1.165) is 65.5 Å². The van der Waals surface area contributed by atoms with Gasteiger partial charge < -0.3 is 15.2 Å². The molecule has 2 aliphatic rings. The summed E-state index contributed by atoms with van der Waals surface area (Å²) >= 11 is 1.64. The van der Waals surface area contributed by atoms with E-state index in [0.29, 0.717) is 0 Å². The number of hydrogen-bond donors (Lipinski definition) is 2. The number of aryl methyl sites for hydroxylation is 1. The zero-order valence-electron chi connectivity index (χ0n) is 15.6. The second-order valence-electron chi connectivity index (χ2n) is 7.45. The van der Waals surface area contributed by atoms with E-state index in [1.807, 2.05) is 24.3 Å². The first-order valence-electron chi connectivity index (χ1n) is 9.92. The second kappa shape index (κ2) is 7.53. The van der Waals surface area contributed by atoms with E-state index in [2.05, 4.69) is 21.4 Å². The summed E-state index contributed by atoms with van der Waals surface area (Å²) < 4.78 is 6.41. The van der Waals surface area contributed by atoms with Crippen LogP contribution in [0.4, 0.5) is 10.8 Å². The van der Waals surface area contributed by atoms with Crippen LogP contribution in [0, 0.1) is 0 Å². The van der Waals surface area contributed by atoms with E-state index in [-0.39, 0.29) is 6.10 Å². The fourth-order valence-corrected chi connectivity index (χ4v) is 4.81. The minimum atomic E-state index is -0.440. The Morgan fingerprint density at radius 2 is 1.93 bits per heavy atom. The predicted octanol–water partition coefficient (Wildman–Crippen LogP) is 5.25. The number of aliphatic hydroxyl groups excluding tert-OH is 1. The summed E-state index contributed by atoms with van der Waals surface area (Å²) in [6, 6.07) is 10.2. The van der Waals surface area contributed by atoms with Crippen molar-refractivity contribution in [3.8, 4) is 16.9 Å². The number of nitrogens with zero attached hydrogens (tertiary/aromatic N) is 2. The van der Waals surface area contributed by atoms with E-state index >= 15 is 0 Å². The van der Waals surface area contributed by atoms with Crippen molar-refractivity contribution in [1.29, 1.82) is 0 Å². The average molecular weight is 394 g/mol. The summed E-state index contributed by atoms with van der Waals surface area (Å²) in [5, 5.41) is 14.5. The lowest BCUT2D eigenvalue weighted by atomic mass is 9.95.